The van der Waals surface area contributed by atoms with Crippen LogP contribution in [0.3, 0.4) is 0 Å². The molecule has 19 heavy (non-hydrogen) atoms. The van der Waals surface area contributed by atoms with Gasteiger partial charge in [-0.15, -0.1) is 11.3 Å². The Kier molecular flexibility index (Phi) is 4.55. The van der Waals surface area contributed by atoms with E-state index in [-0.39, 0.29) is 12.4 Å². The number of aromatic amines is 1. The molecule has 2 rings (SSSR count). The highest BCUT2D eigenvalue weighted by atomic mass is 79.9. The molecule has 0 amide bonds. The third-order valence-corrected chi connectivity index (χ3v) is 4.22. The molecule has 0 radical (unpaired) electrons. The molecule has 0 saturated heterocycles. The van der Waals surface area contributed by atoms with Gasteiger partial charge in [-0.3, -0.25) is 4.79 Å². The zero-order valence-electron chi connectivity index (χ0n) is 10.2. The Bertz CT molecular complexity index is 603. The first kappa shape index (κ1) is 14.0. The van der Waals surface area contributed by atoms with Crippen molar-refractivity contribution in [1.29, 1.82) is 0 Å². The van der Waals surface area contributed by atoms with Gasteiger partial charge in [0.1, 0.15) is 5.69 Å². The van der Waals surface area contributed by atoms with Gasteiger partial charge in [-0.1, -0.05) is 6.92 Å². The number of carbonyl (C=O) groups excluding carboxylic acids is 2. The van der Waals surface area contributed by atoms with Crippen molar-refractivity contribution in [3.8, 4) is 0 Å². The zero-order chi connectivity index (χ0) is 13.8. The minimum Gasteiger partial charge on any atom is -0.453 e. The largest absolute Gasteiger partial charge is 0.453 e. The molecule has 0 fully saturated rings. The van der Waals surface area contributed by atoms with Gasteiger partial charge in [0.2, 0.25) is 5.78 Å². The predicted octanol–water partition coefficient (Wildman–Crippen LogP) is 3.44. The summed E-state index contributed by atoms with van der Waals surface area (Å²) in [6.45, 7) is 1.79. The second-order valence-corrected chi connectivity index (χ2v) is 5.93. The van der Waals surface area contributed by atoms with Gasteiger partial charge < -0.3 is 9.72 Å². The van der Waals surface area contributed by atoms with E-state index in [4.69, 9.17) is 4.74 Å². The van der Waals surface area contributed by atoms with Gasteiger partial charge in [0.15, 0.2) is 6.61 Å². The summed E-state index contributed by atoms with van der Waals surface area (Å²) in [5.41, 5.74) is 0.320. The van der Waals surface area contributed by atoms with Crippen LogP contribution in [0.15, 0.2) is 28.9 Å². The highest BCUT2D eigenvalue weighted by molar-refractivity contribution is 9.10. The Labute approximate surface area is 122 Å². The summed E-state index contributed by atoms with van der Waals surface area (Å²) >= 11 is 4.66. The molecule has 0 aliphatic rings. The van der Waals surface area contributed by atoms with E-state index in [1.165, 1.54) is 11.3 Å². The van der Waals surface area contributed by atoms with E-state index < -0.39 is 5.97 Å². The van der Waals surface area contributed by atoms with Crippen LogP contribution in [-0.2, 0) is 11.2 Å². The fraction of sp³-hybridized carbons (Fsp3) is 0.231. The van der Waals surface area contributed by atoms with Crippen LogP contribution in [0.2, 0.25) is 0 Å². The first-order valence-electron chi connectivity index (χ1n) is 5.73. The average molecular weight is 342 g/mol. The lowest BCUT2D eigenvalue weighted by molar-refractivity contribution is 0.0470. The summed E-state index contributed by atoms with van der Waals surface area (Å²) in [4.78, 5) is 28.0. The number of thiophene rings is 1. The van der Waals surface area contributed by atoms with Crippen molar-refractivity contribution in [1.82, 2.24) is 4.98 Å². The van der Waals surface area contributed by atoms with Crippen molar-refractivity contribution in [3.63, 3.8) is 0 Å². The normalized spacial score (nSPS) is 10.4. The van der Waals surface area contributed by atoms with Crippen LogP contribution >= 0.6 is 27.3 Å². The highest BCUT2D eigenvalue weighted by Gasteiger charge is 2.14. The smallest absolute Gasteiger partial charge is 0.355 e. The van der Waals surface area contributed by atoms with Crippen molar-refractivity contribution >= 4 is 39.0 Å². The third-order valence-electron chi connectivity index (χ3n) is 2.49. The Morgan fingerprint density at radius 3 is 2.79 bits per heavy atom. The number of aryl methyl sites for hydroxylation is 1. The summed E-state index contributed by atoms with van der Waals surface area (Å²) in [7, 11) is 0. The van der Waals surface area contributed by atoms with E-state index in [0.717, 1.165) is 15.8 Å². The Balaban J connectivity index is 1.91. The molecule has 0 unspecified atom stereocenters. The van der Waals surface area contributed by atoms with Crippen molar-refractivity contribution in [2.75, 3.05) is 6.61 Å². The summed E-state index contributed by atoms with van der Waals surface area (Å²) < 4.78 is 5.73. The van der Waals surface area contributed by atoms with Crippen LogP contribution in [0, 0.1) is 0 Å². The van der Waals surface area contributed by atoms with Crippen LogP contribution in [0.25, 0.3) is 0 Å². The Hall–Kier alpha value is -1.40. The maximum atomic E-state index is 11.8. The van der Waals surface area contributed by atoms with Gasteiger partial charge >= 0.3 is 5.97 Å². The topological polar surface area (TPSA) is 59.2 Å². The standard InChI is InChI=1S/C13H12BrNO3S/c1-2-9-3-4-12(19-9)11(16)7-18-13(17)10-5-8(14)6-15-10/h3-6,15H,2,7H2,1H3. The zero-order valence-corrected chi connectivity index (χ0v) is 12.6. The van der Waals surface area contributed by atoms with Gasteiger partial charge in [-0.2, -0.15) is 0 Å². The van der Waals surface area contributed by atoms with Gasteiger partial charge in [-0.25, -0.2) is 4.79 Å². The number of nitrogens with one attached hydrogen (secondary N) is 1. The fourth-order valence-electron chi connectivity index (χ4n) is 1.48. The molecule has 2 aromatic heterocycles. The molecule has 0 saturated carbocycles. The van der Waals surface area contributed by atoms with Crippen LogP contribution in [0.5, 0.6) is 0 Å². The molecule has 4 nitrogen and oxygen atoms in total. The van der Waals surface area contributed by atoms with E-state index in [2.05, 4.69) is 20.9 Å². The average Bonchev–Trinajstić information content (AvgIpc) is 3.04. The monoisotopic (exact) mass is 341 g/mol. The number of esters is 1. The minimum atomic E-state index is -0.536. The van der Waals surface area contributed by atoms with E-state index in [0.29, 0.717) is 10.6 Å². The van der Waals surface area contributed by atoms with Gasteiger partial charge in [-0.05, 0) is 40.5 Å². The first-order chi connectivity index (χ1) is 9.10. The number of ether oxygens (including phenoxy) is 1. The molecule has 0 aliphatic carbocycles. The molecular weight excluding hydrogens is 330 g/mol. The number of hydrogen-bond acceptors (Lipinski definition) is 4. The van der Waals surface area contributed by atoms with Crippen LogP contribution < -0.4 is 0 Å². The SMILES string of the molecule is CCc1ccc(C(=O)COC(=O)c2cc(Br)c[nH]2)s1. The number of halogens is 1. The van der Waals surface area contributed by atoms with E-state index >= 15 is 0 Å². The van der Waals surface area contributed by atoms with Gasteiger partial charge in [0, 0.05) is 15.5 Å². The maximum absolute atomic E-state index is 11.8. The van der Waals surface area contributed by atoms with Crippen molar-refractivity contribution < 1.29 is 14.3 Å². The summed E-state index contributed by atoms with van der Waals surface area (Å²) in [5.74, 6) is -0.713. The number of carbonyl (C=O) groups is 2. The molecule has 0 aliphatic heterocycles. The lowest BCUT2D eigenvalue weighted by Crippen LogP contribution is -2.13. The molecule has 100 valence electrons. The Morgan fingerprint density at radius 2 is 2.21 bits per heavy atom. The van der Waals surface area contributed by atoms with Gasteiger partial charge in [0.25, 0.3) is 0 Å². The van der Waals surface area contributed by atoms with E-state index in [1.807, 2.05) is 13.0 Å². The second kappa shape index (κ2) is 6.16. The summed E-state index contributed by atoms with van der Waals surface area (Å²) in [6.07, 6.45) is 2.53. The molecule has 0 bridgehead atoms. The molecule has 0 aromatic carbocycles. The number of ketones is 1. The molecule has 6 heteroatoms. The Morgan fingerprint density at radius 1 is 1.42 bits per heavy atom. The summed E-state index contributed by atoms with van der Waals surface area (Å²) in [5, 5.41) is 0. The van der Waals surface area contributed by atoms with Crippen LogP contribution in [0.1, 0.15) is 32.0 Å². The number of H-pyrrole nitrogens is 1. The maximum Gasteiger partial charge on any atom is 0.355 e. The fourth-order valence-corrected chi connectivity index (χ4v) is 2.70. The van der Waals surface area contributed by atoms with Crippen LogP contribution in [0.4, 0.5) is 0 Å². The number of hydrogen-bond donors (Lipinski definition) is 1. The molecule has 2 heterocycles. The van der Waals surface area contributed by atoms with Crippen LogP contribution in [-0.4, -0.2) is 23.3 Å². The number of aromatic nitrogens is 1. The highest BCUT2D eigenvalue weighted by Crippen LogP contribution is 2.18. The lowest BCUT2D eigenvalue weighted by Gasteiger charge is -2.01. The predicted molar refractivity (Wildman–Crippen MR) is 76.8 cm³/mol. The minimum absolute atomic E-state index is 0.177. The second-order valence-electron chi connectivity index (χ2n) is 3.85. The first-order valence-corrected chi connectivity index (χ1v) is 7.34. The molecule has 0 atom stereocenters. The quantitative estimate of drug-likeness (QED) is 0.669. The molecule has 2 aromatic rings. The van der Waals surface area contributed by atoms with Crippen molar-refractivity contribution in [2.45, 2.75) is 13.3 Å². The van der Waals surface area contributed by atoms with Gasteiger partial charge in [0.05, 0.1) is 4.88 Å². The lowest BCUT2D eigenvalue weighted by atomic mass is 10.3. The third kappa shape index (κ3) is 3.54. The molecule has 1 N–H and O–H groups in total. The van der Waals surface area contributed by atoms with E-state index in [1.54, 1.807) is 18.3 Å². The number of rotatable bonds is 5. The van der Waals surface area contributed by atoms with Crippen molar-refractivity contribution in [2.24, 2.45) is 0 Å². The number of Topliss-reactive ketones (excluding diaryl/α,β-unsaturated/α-hetero) is 1. The molecule has 0 spiro atoms. The molecular formula is C13H12BrNO3S. The van der Waals surface area contributed by atoms with E-state index in [9.17, 15) is 9.59 Å². The summed E-state index contributed by atoms with van der Waals surface area (Å²) in [6, 6.07) is 5.29. The van der Waals surface area contributed by atoms with Crippen molar-refractivity contribution in [3.05, 3.63) is 44.3 Å².